The molecule has 0 radical (unpaired) electrons. The molecule has 4 heteroatoms. The quantitative estimate of drug-likeness (QED) is 0.557. The highest BCUT2D eigenvalue weighted by atomic mass is 16.5. The Kier molecular flexibility index (Phi) is 4.67. The molecule has 0 aliphatic heterocycles. The number of nitrogens with zero attached hydrogens (tertiary/aromatic N) is 2. The van der Waals surface area contributed by atoms with E-state index < -0.39 is 0 Å². The zero-order chi connectivity index (χ0) is 16.8. The number of likely N-dealkylation sites (N-methyl/N-ethyl adjacent to an activating group) is 2. The first-order valence-electron chi connectivity index (χ1n) is 8.64. The summed E-state index contributed by atoms with van der Waals surface area (Å²) in [6, 6.07) is 0. The van der Waals surface area contributed by atoms with Crippen molar-refractivity contribution in [1.29, 1.82) is 0 Å². The summed E-state index contributed by atoms with van der Waals surface area (Å²) in [5.74, 6) is 0.685. The lowest BCUT2D eigenvalue weighted by atomic mass is 9.70. The van der Waals surface area contributed by atoms with E-state index in [0.29, 0.717) is 22.4 Å². The maximum atomic E-state index is 12.4. The van der Waals surface area contributed by atoms with Gasteiger partial charge in [0, 0.05) is 12.0 Å². The van der Waals surface area contributed by atoms with E-state index in [-0.39, 0.29) is 17.5 Å². The van der Waals surface area contributed by atoms with Gasteiger partial charge in [-0.1, -0.05) is 20.8 Å². The highest BCUT2D eigenvalue weighted by molar-refractivity contribution is 5.71. The molecule has 2 bridgehead atoms. The average Bonchev–Trinajstić information content (AvgIpc) is 2.69. The van der Waals surface area contributed by atoms with Gasteiger partial charge in [-0.3, -0.25) is 0 Å². The number of carbonyl (C=O) groups excluding carboxylic acids is 1. The Labute approximate surface area is 136 Å². The van der Waals surface area contributed by atoms with Crippen molar-refractivity contribution in [1.82, 2.24) is 4.90 Å². The maximum absolute atomic E-state index is 12.4. The van der Waals surface area contributed by atoms with Crippen LogP contribution in [0.15, 0.2) is 0 Å². The van der Waals surface area contributed by atoms with E-state index in [1.54, 1.807) is 0 Å². The summed E-state index contributed by atoms with van der Waals surface area (Å²) in [7, 11) is 8.35. The third-order valence-electron chi connectivity index (χ3n) is 6.70. The van der Waals surface area contributed by atoms with Crippen LogP contribution in [0, 0.1) is 16.7 Å². The Morgan fingerprint density at radius 3 is 2.36 bits per heavy atom. The molecule has 0 aromatic carbocycles. The first-order chi connectivity index (χ1) is 9.98. The van der Waals surface area contributed by atoms with Crippen LogP contribution in [-0.2, 0) is 9.53 Å². The maximum Gasteiger partial charge on any atom is 0.362 e. The molecule has 2 saturated carbocycles. The van der Waals surface area contributed by atoms with Gasteiger partial charge in [0.25, 0.3) is 0 Å². The van der Waals surface area contributed by atoms with Gasteiger partial charge in [0.05, 0.1) is 20.6 Å². The minimum Gasteiger partial charge on any atom is -0.458 e. The fraction of sp³-hybridized carbons (Fsp3) is 0.944. The van der Waals surface area contributed by atoms with Gasteiger partial charge in [-0.15, -0.1) is 0 Å². The molecule has 2 fully saturated rings. The van der Waals surface area contributed by atoms with Gasteiger partial charge in [0.1, 0.15) is 6.10 Å². The third kappa shape index (κ3) is 3.18. The molecule has 2 aliphatic carbocycles. The van der Waals surface area contributed by atoms with Gasteiger partial charge < -0.3 is 14.1 Å². The molecule has 0 aromatic rings. The highest BCUT2D eigenvalue weighted by Crippen LogP contribution is 2.66. The number of rotatable bonds is 6. The van der Waals surface area contributed by atoms with Crippen LogP contribution in [0.4, 0.5) is 0 Å². The second kappa shape index (κ2) is 5.79. The van der Waals surface area contributed by atoms with Crippen LogP contribution < -0.4 is 0 Å². The predicted octanol–water partition coefficient (Wildman–Crippen LogP) is 2.38. The molecule has 0 saturated heterocycles. The number of hydrogen-bond acceptors (Lipinski definition) is 3. The molecule has 128 valence electrons. The Morgan fingerprint density at radius 2 is 1.91 bits per heavy atom. The molecule has 0 aromatic heterocycles. The summed E-state index contributed by atoms with van der Waals surface area (Å²) in [4.78, 5) is 14.6. The van der Waals surface area contributed by atoms with Crippen molar-refractivity contribution in [3.63, 3.8) is 0 Å². The molecule has 0 N–H and O–H groups in total. The van der Waals surface area contributed by atoms with Crippen LogP contribution in [-0.4, -0.2) is 69.3 Å². The lowest BCUT2D eigenvalue weighted by Gasteiger charge is -2.39. The molecule has 0 amide bonds. The van der Waals surface area contributed by atoms with Crippen molar-refractivity contribution in [3.8, 4) is 0 Å². The van der Waals surface area contributed by atoms with Crippen molar-refractivity contribution in [2.24, 2.45) is 16.7 Å². The van der Waals surface area contributed by atoms with Crippen LogP contribution in [0.25, 0.3) is 0 Å². The van der Waals surface area contributed by atoms with E-state index >= 15 is 0 Å². The summed E-state index contributed by atoms with van der Waals surface area (Å²) >= 11 is 0. The minimum atomic E-state index is -0.0293. The predicted molar refractivity (Wildman–Crippen MR) is 89.5 cm³/mol. The summed E-state index contributed by atoms with van der Waals surface area (Å²) in [5, 5.41) is 0. The number of quaternary nitrogens is 1. The van der Waals surface area contributed by atoms with Gasteiger partial charge >= 0.3 is 5.97 Å². The summed E-state index contributed by atoms with van der Waals surface area (Å²) in [5.41, 5.74) is 0.460. The normalized spacial score (nSPS) is 33.5. The average molecular weight is 311 g/mol. The van der Waals surface area contributed by atoms with Gasteiger partial charge in [0.15, 0.2) is 6.54 Å². The minimum absolute atomic E-state index is 0.0293. The third-order valence-corrected chi connectivity index (χ3v) is 6.70. The van der Waals surface area contributed by atoms with Crippen molar-refractivity contribution in [2.45, 2.75) is 46.1 Å². The Balaban J connectivity index is 1.91. The van der Waals surface area contributed by atoms with Crippen molar-refractivity contribution >= 4 is 5.97 Å². The van der Waals surface area contributed by atoms with E-state index in [1.165, 1.54) is 12.8 Å². The van der Waals surface area contributed by atoms with Crippen LogP contribution >= 0.6 is 0 Å². The van der Waals surface area contributed by atoms with Gasteiger partial charge in [-0.05, 0) is 44.7 Å². The highest BCUT2D eigenvalue weighted by Gasteiger charge is 2.62. The van der Waals surface area contributed by atoms with Crippen LogP contribution in [0.2, 0.25) is 0 Å². The summed E-state index contributed by atoms with van der Waals surface area (Å²) in [6.07, 6.45) is 3.66. The lowest BCUT2D eigenvalue weighted by molar-refractivity contribution is -0.882. The van der Waals surface area contributed by atoms with Crippen molar-refractivity contribution in [3.05, 3.63) is 0 Å². The van der Waals surface area contributed by atoms with E-state index in [0.717, 1.165) is 19.5 Å². The second-order valence-corrected chi connectivity index (χ2v) is 9.21. The van der Waals surface area contributed by atoms with E-state index in [2.05, 4.69) is 53.9 Å². The first kappa shape index (κ1) is 17.7. The Hall–Kier alpha value is -0.610. The molecule has 2 aliphatic rings. The molecule has 0 unspecified atom stereocenters. The number of carbonyl (C=O) groups is 1. The first-order valence-corrected chi connectivity index (χ1v) is 8.64. The number of fused-ring (bicyclic) bond motifs is 2. The molecule has 3 atom stereocenters. The Bertz CT molecular complexity index is 431. The number of esters is 1. The lowest BCUT2D eigenvalue weighted by Crippen LogP contribution is -2.49. The molecule has 2 rings (SSSR count). The van der Waals surface area contributed by atoms with Gasteiger partial charge in [-0.25, -0.2) is 4.79 Å². The molecular weight excluding hydrogens is 276 g/mol. The smallest absolute Gasteiger partial charge is 0.362 e. The standard InChI is InChI=1S/C18H35N2O2/c1-17(2)14-8-9-18(17,3)15(12-14)22-16(21)13-20(6,7)11-10-19(4)5/h14-15H,8-13H2,1-7H3/q+1/t14-,15+,18+/m1/s1. The SMILES string of the molecule is CN(C)CC[N+](C)(C)CC(=O)O[C@H]1C[C@H]2CC[C@]1(C)C2(C)C. The molecule has 0 spiro atoms. The number of hydrogen-bond donors (Lipinski definition) is 0. The van der Waals surface area contributed by atoms with Crippen LogP contribution in [0.1, 0.15) is 40.0 Å². The van der Waals surface area contributed by atoms with Gasteiger partial charge in [0.2, 0.25) is 0 Å². The zero-order valence-corrected chi connectivity index (χ0v) is 15.6. The van der Waals surface area contributed by atoms with E-state index in [1.807, 2.05) is 0 Å². The number of ether oxygens (including phenoxy) is 1. The molecule has 0 heterocycles. The van der Waals surface area contributed by atoms with Crippen LogP contribution in [0.5, 0.6) is 0 Å². The zero-order valence-electron chi connectivity index (χ0n) is 15.6. The molecular formula is C18H35N2O2+. The fourth-order valence-electron chi connectivity index (χ4n) is 4.40. The van der Waals surface area contributed by atoms with E-state index in [9.17, 15) is 4.79 Å². The largest absolute Gasteiger partial charge is 0.458 e. The second-order valence-electron chi connectivity index (χ2n) is 9.21. The van der Waals surface area contributed by atoms with Gasteiger partial charge in [-0.2, -0.15) is 0 Å². The van der Waals surface area contributed by atoms with Crippen molar-refractivity contribution in [2.75, 3.05) is 47.8 Å². The van der Waals surface area contributed by atoms with Crippen molar-refractivity contribution < 1.29 is 14.0 Å². The monoisotopic (exact) mass is 311 g/mol. The summed E-state index contributed by atoms with van der Waals surface area (Å²) < 4.78 is 6.65. The summed E-state index contributed by atoms with van der Waals surface area (Å²) in [6.45, 7) is 9.44. The topological polar surface area (TPSA) is 29.5 Å². The fourth-order valence-corrected chi connectivity index (χ4v) is 4.40. The molecule has 22 heavy (non-hydrogen) atoms. The van der Waals surface area contributed by atoms with Crippen LogP contribution in [0.3, 0.4) is 0 Å². The van der Waals surface area contributed by atoms with E-state index in [4.69, 9.17) is 4.74 Å². The Morgan fingerprint density at radius 1 is 1.27 bits per heavy atom. The molecule has 4 nitrogen and oxygen atoms in total.